The summed E-state index contributed by atoms with van der Waals surface area (Å²) < 4.78 is 2.70. The molecule has 1 amide bonds. The van der Waals surface area contributed by atoms with Crippen LogP contribution in [-0.4, -0.2) is 26.9 Å². The highest BCUT2D eigenvalue weighted by molar-refractivity contribution is 7.98. The van der Waals surface area contributed by atoms with Crippen molar-refractivity contribution in [2.75, 3.05) is 11.6 Å². The second-order valence-corrected chi connectivity index (χ2v) is 6.49. The van der Waals surface area contributed by atoms with Crippen molar-refractivity contribution in [1.82, 2.24) is 14.8 Å². The topological polar surface area (TPSA) is 59.8 Å². The van der Waals surface area contributed by atoms with E-state index in [-0.39, 0.29) is 5.91 Å². The van der Waals surface area contributed by atoms with Gasteiger partial charge < -0.3 is 0 Å². The van der Waals surface area contributed by atoms with Crippen LogP contribution in [-0.2, 0) is 7.05 Å². The molecular formula is C14H14N4OS2. The Balaban J connectivity index is 1.91. The molecule has 2 aromatic heterocycles. The number of amides is 1. The Hall–Kier alpha value is -1.86. The molecule has 1 N–H and O–H groups in total. The van der Waals surface area contributed by atoms with Crippen LogP contribution in [0, 0.1) is 6.92 Å². The number of anilines is 1. The minimum Gasteiger partial charge on any atom is -0.296 e. The van der Waals surface area contributed by atoms with E-state index < -0.39 is 0 Å². The van der Waals surface area contributed by atoms with Gasteiger partial charge in [-0.2, -0.15) is 5.10 Å². The average molecular weight is 318 g/mol. The van der Waals surface area contributed by atoms with E-state index in [0.717, 1.165) is 20.7 Å². The van der Waals surface area contributed by atoms with Gasteiger partial charge in [-0.15, -0.1) is 11.8 Å². The first-order valence-electron chi connectivity index (χ1n) is 6.33. The molecule has 0 atom stereocenters. The molecule has 0 aliphatic rings. The number of hydrogen-bond acceptors (Lipinski definition) is 5. The molecule has 1 aromatic carbocycles. The SMILES string of the molecule is CSc1cccc2sc(NC(=O)c3nn(C)cc3C)nc12. The minimum atomic E-state index is -0.224. The van der Waals surface area contributed by atoms with Crippen LogP contribution in [0.3, 0.4) is 0 Å². The second kappa shape index (κ2) is 5.50. The zero-order valence-electron chi connectivity index (χ0n) is 11.9. The molecule has 0 bridgehead atoms. The van der Waals surface area contributed by atoms with Crippen molar-refractivity contribution < 1.29 is 4.79 Å². The van der Waals surface area contributed by atoms with Crippen LogP contribution in [0.15, 0.2) is 29.3 Å². The number of carbonyl (C=O) groups is 1. The smallest absolute Gasteiger partial charge is 0.278 e. The highest BCUT2D eigenvalue weighted by Crippen LogP contribution is 2.32. The lowest BCUT2D eigenvalue weighted by molar-refractivity contribution is 0.102. The van der Waals surface area contributed by atoms with Crippen LogP contribution in [0.2, 0.25) is 0 Å². The molecule has 21 heavy (non-hydrogen) atoms. The molecule has 0 saturated carbocycles. The number of para-hydroxylation sites is 1. The van der Waals surface area contributed by atoms with Gasteiger partial charge in [0.05, 0.1) is 10.2 Å². The van der Waals surface area contributed by atoms with E-state index in [2.05, 4.69) is 15.4 Å². The number of carbonyl (C=O) groups excluding carboxylic acids is 1. The van der Waals surface area contributed by atoms with Gasteiger partial charge in [-0.25, -0.2) is 4.98 Å². The minimum absolute atomic E-state index is 0.224. The van der Waals surface area contributed by atoms with Crippen LogP contribution in [0.5, 0.6) is 0 Å². The van der Waals surface area contributed by atoms with Gasteiger partial charge >= 0.3 is 0 Å². The lowest BCUT2D eigenvalue weighted by Crippen LogP contribution is -2.13. The van der Waals surface area contributed by atoms with E-state index in [1.54, 1.807) is 23.5 Å². The van der Waals surface area contributed by atoms with Crippen LogP contribution < -0.4 is 5.32 Å². The van der Waals surface area contributed by atoms with Gasteiger partial charge in [0.1, 0.15) is 0 Å². The molecule has 0 fully saturated rings. The fourth-order valence-corrected chi connectivity index (χ4v) is 3.65. The zero-order valence-corrected chi connectivity index (χ0v) is 13.5. The maximum atomic E-state index is 12.3. The number of hydrogen-bond donors (Lipinski definition) is 1. The van der Waals surface area contributed by atoms with E-state index in [9.17, 15) is 4.79 Å². The van der Waals surface area contributed by atoms with Crippen molar-refractivity contribution in [3.63, 3.8) is 0 Å². The molecule has 0 saturated heterocycles. The zero-order chi connectivity index (χ0) is 15.0. The molecule has 3 aromatic rings. The number of rotatable bonds is 3. The fourth-order valence-electron chi connectivity index (χ4n) is 2.13. The van der Waals surface area contributed by atoms with Crippen LogP contribution in [0.1, 0.15) is 16.1 Å². The van der Waals surface area contributed by atoms with Gasteiger partial charge in [-0.05, 0) is 25.3 Å². The van der Waals surface area contributed by atoms with E-state index >= 15 is 0 Å². The van der Waals surface area contributed by atoms with Crippen molar-refractivity contribution in [3.05, 3.63) is 35.7 Å². The highest BCUT2D eigenvalue weighted by atomic mass is 32.2. The molecule has 0 aliphatic heterocycles. The summed E-state index contributed by atoms with van der Waals surface area (Å²) >= 11 is 3.12. The quantitative estimate of drug-likeness (QED) is 0.753. The number of aromatic nitrogens is 3. The predicted molar refractivity (Wildman–Crippen MR) is 87.3 cm³/mol. The summed E-state index contributed by atoms with van der Waals surface area (Å²) in [6, 6.07) is 6.04. The second-order valence-electron chi connectivity index (χ2n) is 4.61. The molecule has 0 unspecified atom stereocenters. The Kier molecular flexibility index (Phi) is 3.69. The Bertz CT molecular complexity index is 822. The van der Waals surface area contributed by atoms with Crippen LogP contribution >= 0.6 is 23.1 Å². The number of nitrogens with one attached hydrogen (secondary N) is 1. The van der Waals surface area contributed by atoms with Crippen LogP contribution in [0.4, 0.5) is 5.13 Å². The molecule has 3 rings (SSSR count). The first-order chi connectivity index (χ1) is 10.1. The summed E-state index contributed by atoms with van der Waals surface area (Å²) in [6.45, 7) is 1.87. The number of benzene rings is 1. The Morgan fingerprint density at radius 2 is 2.24 bits per heavy atom. The summed E-state index contributed by atoms with van der Waals surface area (Å²) in [5.74, 6) is -0.224. The Morgan fingerprint density at radius 1 is 1.43 bits per heavy atom. The van der Waals surface area contributed by atoms with Crippen molar-refractivity contribution in [1.29, 1.82) is 0 Å². The van der Waals surface area contributed by atoms with Gasteiger partial charge in [0.15, 0.2) is 10.8 Å². The number of thiazole rings is 1. The molecule has 108 valence electrons. The normalized spacial score (nSPS) is 11.0. The van der Waals surface area contributed by atoms with Gasteiger partial charge in [-0.1, -0.05) is 17.4 Å². The predicted octanol–water partition coefficient (Wildman–Crippen LogP) is 3.31. The summed E-state index contributed by atoms with van der Waals surface area (Å²) in [4.78, 5) is 17.9. The first kappa shape index (κ1) is 14.1. The maximum absolute atomic E-state index is 12.3. The lowest BCUT2D eigenvalue weighted by Gasteiger charge is -1.98. The van der Waals surface area contributed by atoms with E-state index in [0.29, 0.717) is 10.8 Å². The van der Waals surface area contributed by atoms with E-state index in [1.165, 1.54) is 11.3 Å². The third kappa shape index (κ3) is 2.66. The molecule has 5 nitrogen and oxygen atoms in total. The van der Waals surface area contributed by atoms with Gasteiger partial charge in [0, 0.05) is 23.7 Å². The molecule has 7 heteroatoms. The number of fused-ring (bicyclic) bond motifs is 1. The highest BCUT2D eigenvalue weighted by Gasteiger charge is 2.16. The maximum Gasteiger partial charge on any atom is 0.278 e. The summed E-state index contributed by atoms with van der Waals surface area (Å²) in [6.07, 6.45) is 3.84. The molecule has 0 spiro atoms. The van der Waals surface area contributed by atoms with Crippen molar-refractivity contribution in [2.45, 2.75) is 11.8 Å². The Morgan fingerprint density at radius 3 is 2.90 bits per heavy atom. The monoisotopic (exact) mass is 318 g/mol. The standard InChI is InChI=1S/C14H14N4OS2/c1-8-7-18(2)17-11(8)13(19)16-14-15-12-9(20-3)5-4-6-10(12)21-14/h4-7H,1-3H3,(H,15,16,19). The van der Waals surface area contributed by atoms with E-state index in [1.807, 2.05) is 37.6 Å². The van der Waals surface area contributed by atoms with Crippen molar-refractivity contribution in [2.24, 2.45) is 7.05 Å². The van der Waals surface area contributed by atoms with Gasteiger partial charge in [-0.3, -0.25) is 14.8 Å². The average Bonchev–Trinajstić information content (AvgIpc) is 3.00. The number of aryl methyl sites for hydroxylation is 2. The summed E-state index contributed by atoms with van der Waals surface area (Å²) in [5, 5.41) is 7.61. The van der Waals surface area contributed by atoms with E-state index in [4.69, 9.17) is 0 Å². The molecule has 0 aliphatic carbocycles. The Labute approximate surface area is 130 Å². The van der Waals surface area contributed by atoms with Gasteiger partial charge in [0.25, 0.3) is 5.91 Å². The molecule has 0 radical (unpaired) electrons. The molecular weight excluding hydrogens is 304 g/mol. The third-order valence-electron chi connectivity index (χ3n) is 3.05. The lowest BCUT2D eigenvalue weighted by atomic mass is 10.3. The number of nitrogens with zero attached hydrogens (tertiary/aromatic N) is 3. The van der Waals surface area contributed by atoms with Crippen molar-refractivity contribution >= 4 is 44.4 Å². The number of thioether (sulfide) groups is 1. The molecule has 2 heterocycles. The largest absolute Gasteiger partial charge is 0.296 e. The summed E-state index contributed by atoms with van der Waals surface area (Å²) in [7, 11) is 1.80. The van der Waals surface area contributed by atoms with Gasteiger partial charge in [0.2, 0.25) is 0 Å². The van der Waals surface area contributed by atoms with Crippen LogP contribution in [0.25, 0.3) is 10.2 Å². The third-order valence-corrected chi connectivity index (χ3v) is 4.75. The van der Waals surface area contributed by atoms with Crippen molar-refractivity contribution in [3.8, 4) is 0 Å². The first-order valence-corrected chi connectivity index (χ1v) is 8.37. The summed E-state index contributed by atoms with van der Waals surface area (Å²) in [5.41, 5.74) is 2.21. The fraction of sp³-hybridized carbons (Fsp3) is 0.214.